The van der Waals surface area contributed by atoms with Crippen molar-refractivity contribution < 1.29 is 0 Å². The van der Waals surface area contributed by atoms with Crippen LogP contribution in [-0.4, -0.2) is 5.87 Å². The van der Waals surface area contributed by atoms with Crippen LogP contribution in [0.15, 0.2) is 89.9 Å². The van der Waals surface area contributed by atoms with Crippen LogP contribution >= 0.6 is 0 Å². The summed E-state index contributed by atoms with van der Waals surface area (Å²) < 4.78 is 0. The van der Waals surface area contributed by atoms with Gasteiger partial charge in [0.2, 0.25) is 0 Å². The lowest BCUT2D eigenvalue weighted by Gasteiger charge is -2.04. The van der Waals surface area contributed by atoms with Gasteiger partial charge in [0.05, 0.1) is 12.1 Å². The molecule has 0 radical (unpaired) electrons. The summed E-state index contributed by atoms with van der Waals surface area (Å²) in [6, 6.07) is 29.0. The summed E-state index contributed by atoms with van der Waals surface area (Å²) in [7, 11) is 0. The van der Waals surface area contributed by atoms with E-state index in [2.05, 4.69) is 66.3 Å². The fourth-order valence-corrected chi connectivity index (χ4v) is 2.53. The average molecular weight is 297 g/mol. The average Bonchev–Trinajstić information content (AvgIpc) is 2.60. The van der Waals surface area contributed by atoms with E-state index in [1.54, 1.807) is 0 Å². The zero-order chi connectivity index (χ0) is 15.9. The number of aliphatic imine (C=N–C) groups is 1. The first-order chi connectivity index (χ1) is 11.3. The summed E-state index contributed by atoms with van der Waals surface area (Å²) in [5.74, 6) is 3.26. The number of hydrogen-bond donors (Lipinski definition) is 0. The quantitative estimate of drug-likeness (QED) is 0.580. The highest BCUT2D eigenvalue weighted by molar-refractivity contribution is 5.98. The third-order valence-electron chi connectivity index (χ3n) is 3.66. The fourth-order valence-electron chi connectivity index (χ4n) is 2.53. The Morgan fingerprint density at radius 3 is 1.96 bits per heavy atom. The molecule has 0 atom stereocenters. The zero-order valence-corrected chi connectivity index (χ0v) is 13.2. The minimum atomic E-state index is 0.644. The molecule has 1 heteroatoms. The van der Waals surface area contributed by atoms with Gasteiger partial charge >= 0.3 is 0 Å². The minimum absolute atomic E-state index is 0.644. The lowest BCUT2D eigenvalue weighted by atomic mass is 9.99. The molecule has 0 spiro atoms. The van der Waals surface area contributed by atoms with Crippen LogP contribution in [0.2, 0.25) is 0 Å². The van der Waals surface area contributed by atoms with Crippen LogP contribution in [0.1, 0.15) is 22.3 Å². The monoisotopic (exact) mass is 297 g/mol. The van der Waals surface area contributed by atoms with Gasteiger partial charge in [-0.15, -0.1) is 0 Å². The summed E-state index contributed by atoms with van der Waals surface area (Å²) in [6.45, 7) is 2.74. The molecule has 0 unspecified atom stereocenters. The molecule has 0 N–H and O–H groups in total. The van der Waals surface area contributed by atoms with Crippen molar-refractivity contribution in [3.63, 3.8) is 0 Å². The first kappa shape index (κ1) is 15.0. The van der Waals surface area contributed by atoms with E-state index < -0.39 is 0 Å². The van der Waals surface area contributed by atoms with E-state index in [1.807, 2.05) is 36.4 Å². The Labute approximate surface area is 137 Å². The number of benzene rings is 3. The molecule has 0 aliphatic carbocycles. The lowest BCUT2D eigenvalue weighted by molar-refractivity contribution is 1.08. The van der Waals surface area contributed by atoms with Gasteiger partial charge in [0.25, 0.3) is 0 Å². The van der Waals surface area contributed by atoms with E-state index in [1.165, 1.54) is 11.1 Å². The topological polar surface area (TPSA) is 12.4 Å². The van der Waals surface area contributed by atoms with E-state index in [4.69, 9.17) is 0 Å². The van der Waals surface area contributed by atoms with Gasteiger partial charge in [0, 0.05) is 0 Å². The SMILES string of the molecule is Cc1cccc(CN=C=C(c2ccccc2)c2ccccc2)c1. The van der Waals surface area contributed by atoms with Crippen molar-refractivity contribution in [3.05, 3.63) is 107 Å². The summed E-state index contributed by atoms with van der Waals surface area (Å²) in [6.07, 6.45) is 0. The molecule has 0 saturated heterocycles. The normalized spacial score (nSPS) is 9.96. The molecule has 0 aliphatic rings. The highest BCUT2D eigenvalue weighted by Crippen LogP contribution is 2.20. The zero-order valence-electron chi connectivity index (χ0n) is 13.2. The molecular formula is C22H19N. The minimum Gasteiger partial charge on any atom is -0.238 e. The molecule has 0 aliphatic heterocycles. The molecule has 3 aromatic carbocycles. The molecular weight excluding hydrogens is 278 g/mol. The van der Waals surface area contributed by atoms with Crippen LogP contribution in [0.4, 0.5) is 0 Å². The maximum atomic E-state index is 4.55. The molecule has 112 valence electrons. The molecule has 0 bridgehead atoms. The maximum Gasteiger partial charge on any atom is 0.0734 e. The predicted molar refractivity (Wildman–Crippen MR) is 97.7 cm³/mol. The van der Waals surface area contributed by atoms with E-state index in [0.717, 1.165) is 16.7 Å². The van der Waals surface area contributed by atoms with Crippen LogP contribution in [-0.2, 0) is 6.54 Å². The van der Waals surface area contributed by atoms with Crippen molar-refractivity contribution in [2.24, 2.45) is 4.99 Å². The van der Waals surface area contributed by atoms with Gasteiger partial charge in [0.1, 0.15) is 0 Å². The highest BCUT2D eigenvalue weighted by Gasteiger charge is 2.03. The van der Waals surface area contributed by atoms with Gasteiger partial charge in [-0.25, -0.2) is 4.99 Å². The van der Waals surface area contributed by atoms with Gasteiger partial charge in [-0.3, -0.25) is 0 Å². The molecule has 23 heavy (non-hydrogen) atoms. The second-order valence-electron chi connectivity index (χ2n) is 5.52. The second-order valence-corrected chi connectivity index (χ2v) is 5.52. The smallest absolute Gasteiger partial charge is 0.0734 e. The Bertz CT molecular complexity index is 785. The predicted octanol–water partition coefficient (Wildman–Crippen LogP) is 5.30. The van der Waals surface area contributed by atoms with Crippen LogP contribution in [0.5, 0.6) is 0 Å². The van der Waals surface area contributed by atoms with E-state index in [0.29, 0.717) is 6.54 Å². The first-order valence-corrected chi connectivity index (χ1v) is 7.79. The summed E-state index contributed by atoms with van der Waals surface area (Å²) in [4.78, 5) is 4.55. The van der Waals surface area contributed by atoms with E-state index in [-0.39, 0.29) is 0 Å². The van der Waals surface area contributed by atoms with Gasteiger partial charge in [-0.2, -0.15) is 0 Å². The molecule has 0 amide bonds. The van der Waals surface area contributed by atoms with Crippen LogP contribution in [0, 0.1) is 6.92 Å². The lowest BCUT2D eigenvalue weighted by Crippen LogP contribution is -1.89. The van der Waals surface area contributed by atoms with Gasteiger partial charge in [0.15, 0.2) is 0 Å². The Hall–Kier alpha value is -2.89. The molecule has 3 rings (SSSR count). The van der Waals surface area contributed by atoms with E-state index in [9.17, 15) is 0 Å². The van der Waals surface area contributed by atoms with Crippen molar-refractivity contribution in [3.8, 4) is 0 Å². The fraction of sp³-hybridized carbons (Fsp3) is 0.0909. The van der Waals surface area contributed by atoms with E-state index >= 15 is 0 Å². The Morgan fingerprint density at radius 2 is 1.39 bits per heavy atom. The number of hydrogen-bond acceptors (Lipinski definition) is 1. The molecule has 0 saturated carbocycles. The largest absolute Gasteiger partial charge is 0.238 e. The van der Waals surface area contributed by atoms with Gasteiger partial charge in [-0.05, 0) is 29.5 Å². The Morgan fingerprint density at radius 1 is 0.783 bits per heavy atom. The van der Waals surface area contributed by atoms with Crippen LogP contribution in [0.3, 0.4) is 0 Å². The van der Waals surface area contributed by atoms with Crippen LogP contribution in [0.25, 0.3) is 5.57 Å². The van der Waals surface area contributed by atoms with Crippen molar-refractivity contribution in [2.45, 2.75) is 13.5 Å². The molecule has 1 nitrogen and oxygen atoms in total. The van der Waals surface area contributed by atoms with Gasteiger partial charge < -0.3 is 0 Å². The standard InChI is InChI=1S/C22H19N/c1-18-9-8-10-19(15-18)16-23-17-22(20-11-4-2-5-12-20)21-13-6-3-7-14-21/h2-15H,16H2,1H3. The second kappa shape index (κ2) is 7.40. The van der Waals surface area contributed by atoms with Crippen molar-refractivity contribution >= 4 is 11.4 Å². The molecule has 3 aromatic rings. The Kier molecular flexibility index (Phi) is 4.83. The highest BCUT2D eigenvalue weighted by atomic mass is 14.7. The molecule has 0 fully saturated rings. The van der Waals surface area contributed by atoms with Crippen LogP contribution < -0.4 is 0 Å². The Balaban J connectivity index is 1.96. The summed E-state index contributed by atoms with van der Waals surface area (Å²) >= 11 is 0. The third-order valence-corrected chi connectivity index (χ3v) is 3.66. The molecule has 0 aromatic heterocycles. The van der Waals surface area contributed by atoms with Crippen molar-refractivity contribution in [2.75, 3.05) is 0 Å². The molecule has 0 heterocycles. The summed E-state index contributed by atoms with van der Waals surface area (Å²) in [5, 5.41) is 0. The van der Waals surface area contributed by atoms with Crippen molar-refractivity contribution in [1.82, 2.24) is 0 Å². The number of nitrogens with zero attached hydrogens (tertiary/aromatic N) is 1. The maximum absolute atomic E-state index is 4.55. The number of aryl methyl sites for hydroxylation is 1. The first-order valence-electron chi connectivity index (χ1n) is 7.79. The summed E-state index contributed by atoms with van der Waals surface area (Å²) in [5.41, 5.74) is 5.75. The van der Waals surface area contributed by atoms with Gasteiger partial charge in [-0.1, -0.05) is 90.5 Å². The number of rotatable bonds is 4. The van der Waals surface area contributed by atoms with Crippen molar-refractivity contribution in [1.29, 1.82) is 0 Å². The third kappa shape index (κ3) is 4.06.